The highest BCUT2D eigenvalue weighted by atomic mass is 35.5. The molecule has 108 valence electrons. The Kier molecular flexibility index (Phi) is 4.69. The zero-order valence-electron chi connectivity index (χ0n) is 10.9. The molecule has 0 spiro atoms. The SMILES string of the molecule is CCNCc1ccc(S(=O)(=O)Nc2ccc(Cl)cc2)o1. The molecule has 20 heavy (non-hydrogen) atoms. The minimum absolute atomic E-state index is 0.111. The Morgan fingerprint density at radius 1 is 1.15 bits per heavy atom. The molecular formula is C13H15ClN2O3S. The van der Waals surface area contributed by atoms with E-state index in [2.05, 4.69) is 10.0 Å². The van der Waals surface area contributed by atoms with Gasteiger partial charge in [-0.05, 0) is 42.9 Å². The number of sulfonamides is 1. The first-order valence-electron chi connectivity index (χ1n) is 6.09. The van der Waals surface area contributed by atoms with Gasteiger partial charge >= 0.3 is 0 Å². The molecule has 0 bridgehead atoms. The molecule has 0 radical (unpaired) electrons. The number of benzene rings is 1. The molecule has 0 saturated carbocycles. The fourth-order valence-corrected chi connectivity index (χ4v) is 2.71. The topological polar surface area (TPSA) is 71.3 Å². The van der Waals surface area contributed by atoms with Crippen LogP contribution in [-0.2, 0) is 16.6 Å². The van der Waals surface area contributed by atoms with Gasteiger partial charge in [0.1, 0.15) is 5.76 Å². The van der Waals surface area contributed by atoms with E-state index < -0.39 is 10.0 Å². The van der Waals surface area contributed by atoms with Gasteiger partial charge in [0.25, 0.3) is 10.0 Å². The van der Waals surface area contributed by atoms with E-state index in [0.29, 0.717) is 23.0 Å². The molecule has 1 aromatic carbocycles. The highest BCUT2D eigenvalue weighted by Crippen LogP contribution is 2.20. The van der Waals surface area contributed by atoms with Crippen LogP contribution in [0.25, 0.3) is 0 Å². The van der Waals surface area contributed by atoms with Gasteiger partial charge in [0, 0.05) is 10.7 Å². The smallest absolute Gasteiger partial charge is 0.295 e. The molecule has 0 atom stereocenters. The van der Waals surface area contributed by atoms with E-state index in [1.165, 1.54) is 6.07 Å². The van der Waals surface area contributed by atoms with Crippen LogP contribution in [0.4, 0.5) is 5.69 Å². The number of rotatable bonds is 6. The van der Waals surface area contributed by atoms with Crippen molar-refractivity contribution in [3.05, 3.63) is 47.2 Å². The van der Waals surface area contributed by atoms with Gasteiger partial charge in [-0.1, -0.05) is 18.5 Å². The molecule has 0 aliphatic carbocycles. The molecule has 2 N–H and O–H groups in total. The van der Waals surface area contributed by atoms with E-state index >= 15 is 0 Å². The molecule has 0 unspecified atom stereocenters. The van der Waals surface area contributed by atoms with E-state index in [-0.39, 0.29) is 5.09 Å². The van der Waals surface area contributed by atoms with Crippen molar-refractivity contribution < 1.29 is 12.8 Å². The predicted octanol–water partition coefficient (Wildman–Crippen LogP) is 2.84. The van der Waals surface area contributed by atoms with E-state index in [1.54, 1.807) is 30.3 Å². The lowest BCUT2D eigenvalue weighted by molar-refractivity contribution is 0.405. The van der Waals surface area contributed by atoms with E-state index in [4.69, 9.17) is 16.0 Å². The maximum Gasteiger partial charge on any atom is 0.295 e. The Balaban J connectivity index is 2.13. The van der Waals surface area contributed by atoms with Gasteiger partial charge in [0.2, 0.25) is 5.09 Å². The minimum Gasteiger partial charge on any atom is -0.446 e. The van der Waals surface area contributed by atoms with Crippen LogP contribution in [0.3, 0.4) is 0 Å². The first-order valence-corrected chi connectivity index (χ1v) is 7.95. The second-order valence-corrected chi connectivity index (χ2v) is 6.16. The summed E-state index contributed by atoms with van der Waals surface area (Å²) in [5, 5.41) is 3.49. The van der Waals surface area contributed by atoms with Crippen molar-refractivity contribution in [2.24, 2.45) is 0 Å². The number of furan rings is 1. The van der Waals surface area contributed by atoms with Gasteiger partial charge in [-0.15, -0.1) is 0 Å². The predicted molar refractivity (Wildman–Crippen MR) is 78.3 cm³/mol. The van der Waals surface area contributed by atoms with E-state index in [9.17, 15) is 8.42 Å². The minimum atomic E-state index is -3.72. The molecule has 1 heterocycles. The van der Waals surface area contributed by atoms with Gasteiger partial charge < -0.3 is 9.73 Å². The van der Waals surface area contributed by atoms with Crippen LogP contribution >= 0.6 is 11.6 Å². The molecule has 0 fully saturated rings. The van der Waals surface area contributed by atoms with Crippen molar-refractivity contribution in [1.29, 1.82) is 0 Å². The summed E-state index contributed by atoms with van der Waals surface area (Å²) >= 11 is 5.75. The average molecular weight is 315 g/mol. The summed E-state index contributed by atoms with van der Waals surface area (Å²) in [6, 6.07) is 9.46. The van der Waals surface area contributed by atoms with Crippen LogP contribution in [0.1, 0.15) is 12.7 Å². The summed E-state index contributed by atoms with van der Waals surface area (Å²) < 4.78 is 32.0. The monoisotopic (exact) mass is 314 g/mol. The molecule has 2 aromatic rings. The first kappa shape index (κ1) is 14.9. The number of hydrogen-bond acceptors (Lipinski definition) is 4. The van der Waals surface area contributed by atoms with Gasteiger partial charge in [-0.3, -0.25) is 4.72 Å². The van der Waals surface area contributed by atoms with Gasteiger partial charge in [-0.2, -0.15) is 8.42 Å². The quantitative estimate of drug-likeness (QED) is 0.860. The fourth-order valence-electron chi connectivity index (χ4n) is 1.57. The summed E-state index contributed by atoms with van der Waals surface area (Å²) in [6.45, 7) is 3.24. The second kappa shape index (κ2) is 6.30. The average Bonchev–Trinajstić information content (AvgIpc) is 2.88. The molecule has 2 rings (SSSR count). The summed E-state index contributed by atoms with van der Waals surface area (Å²) in [5.74, 6) is 0.573. The van der Waals surface area contributed by atoms with Crippen LogP contribution in [0.15, 0.2) is 45.9 Å². The van der Waals surface area contributed by atoms with Crippen LogP contribution in [0, 0.1) is 0 Å². The van der Waals surface area contributed by atoms with Crippen LogP contribution in [0.5, 0.6) is 0 Å². The molecule has 1 aromatic heterocycles. The zero-order chi connectivity index (χ0) is 14.6. The summed E-state index contributed by atoms with van der Waals surface area (Å²) in [4.78, 5) is 0. The second-order valence-electron chi connectivity index (χ2n) is 4.11. The normalized spacial score (nSPS) is 11.5. The van der Waals surface area contributed by atoms with Crippen molar-refractivity contribution >= 4 is 27.3 Å². The number of nitrogens with one attached hydrogen (secondary N) is 2. The van der Waals surface area contributed by atoms with Crippen molar-refractivity contribution in [2.75, 3.05) is 11.3 Å². The maximum absolute atomic E-state index is 12.1. The standard InChI is InChI=1S/C13H15ClN2O3S/c1-2-15-9-12-7-8-13(19-12)20(17,18)16-11-5-3-10(14)4-6-11/h3-8,15-16H,2,9H2,1H3. The third-order valence-corrected chi connectivity index (χ3v) is 4.05. The zero-order valence-corrected chi connectivity index (χ0v) is 12.5. The number of halogens is 1. The number of anilines is 1. The highest BCUT2D eigenvalue weighted by Gasteiger charge is 2.18. The third kappa shape index (κ3) is 3.75. The maximum atomic E-state index is 12.1. The van der Waals surface area contributed by atoms with Crippen molar-refractivity contribution in [3.8, 4) is 0 Å². The Labute approximate surface area is 123 Å². The van der Waals surface area contributed by atoms with Crippen LogP contribution in [-0.4, -0.2) is 15.0 Å². The Hall–Kier alpha value is -1.50. The van der Waals surface area contributed by atoms with E-state index in [1.807, 2.05) is 6.92 Å². The lowest BCUT2D eigenvalue weighted by atomic mass is 10.3. The van der Waals surface area contributed by atoms with Crippen molar-refractivity contribution in [3.63, 3.8) is 0 Å². The van der Waals surface area contributed by atoms with Crippen LogP contribution in [0.2, 0.25) is 5.02 Å². The van der Waals surface area contributed by atoms with Gasteiger partial charge in [0.15, 0.2) is 0 Å². The fraction of sp³-hybridized carbons (Fsp3) is 0.231. The molecule has 5 nitrogen and oxygen atoms in total. The molecule has 0 aliphatic heterocycles. The Morgan fingerprint density at radius 3 is 2.50 bits per heavy atom. The molecular weight excluding hydrogens is 300 g/mol. The summed E-state index contributed by atoms with van der Waals surface area (Å²) in [7, 11) is -3.72. The Bertz CT molecular complexity index is 665. The van der Waals surface area contributed by atoms with Crippen LogP contribution < -0.4 is 10.0 Å². The summed E-state index contributed by atoms with van der Waals surface area (Å²) in [5.41, 5.74) is 0.430. The first-order chi connectivity index (χ1) is 9.51. The molecule has 0 aliphatic rings. The molecule has 0 saturated heterocycles. The van der Waals surface area contributed by atoms with Gasteiger partial charge in [-0.25, -0.2) is 0 Å². The number of hydrogen-bond donors (Lipinski definition) is 2. The van der Waals surface area contributed by atoms with Gasteiger partial charge in [0.05, 0.1) is 6.54 Å². The lowest BCUT2D eigenvalue weighted by Crippen LogP contribution is -2.12. The molecule has 0 amide bonds. The van der Waals surface area contributed by atoms with E-state index in [0.717, 1.165) is 6.54 Å². The largest absolute Gasteiger partial charge is 0.446 e. The van der Waals surface area contributed by atoms with Crippen molar-refractivity contribution in [1.82, 2.24) is 5.32 Å². The summed E-state index contributed by atoms with van der Waals surface area (Å²) in [6.07, 6.45) is 0. The van der Waals surface area contributed by atoms with Crippen molar-refractivity contribution in [2.45, 2.75) is 18.6 Å². The lowest BCUT2D eigenvalue weighted by Gasteiger charge is -2.05. The third-order valence-electron chi connectivity index (χ3n) is 2.55. The highest BCUT2D eigenvalue weighted by molar-refractivity contribution is 7.92. The molecule has 7 heteroatoms. The Morgan fingerprint density at radius 2 is 1.85 bits per heavy atom.